The molecule has 2 atom stereocenters. The molecule has 2 fully saturated rings. The number of carbonyl (C=O) groups excluding carboxylic acids is 1. The Bertz CT molecular complexity index is 573. The van der Waals surface area contributed by atoms with E-state index in [0.29, 0.717) is 31.4 Å². The number of carbonyl (C=O) groups is 1. The molecule has 1 aliphatic carbocycles. The number of benzene rings is 1. The van der Waals surface area contributed by atoms with Gasteiger partial charge in [0.2, 0.25) is 0 Å². The van der Waals surface area contributed by atoms with Crippen molar-refractivity contribution in [3.05, 3.63) is 35.4 Å². The molecule has 1 saturated heterocycles. The highest BCUT2D eigenvalue weighted by Crippen LogP contribution is 2.33. The highest BCUT2D eigenvalue weighted by atomic mass is 19.2. The number of rotatable bonds is 3. The molecular formula is C16H19F2NO3. The van der Waals surface area contributed by atoms with E-state index in [9.17, 15) is 18.7 Å². The molecule has 0 radical (unpaired) electrons. The minimum absolute atomic E-state index is 0.345. The third-order valence-corrected chi connectivity index (χ3v) is 4.53. The first kappa shape index (κ1) is 15.4. The first-order valence-electron chi connectivity index (χ1n) is 7.59. The Morgan fingerprint density at radius 3 is 2.68 bits per heavy atom. The number of aliphatic hydroxyl groups is 1. The van der Waals surface area contributed by atoms with Gasteiger partial charge in [-0.1, -0.05) is 6.07 Å². The molecule has 4 nitrogen and oxygen atoms in total. The molecule has 2 unspecified atom stereocenters. The number of hydrogen-bond acceptors (Lipinski definition) is 3. The summed E-state index contributed by atoms with van der Waals surface area (Å²) in [6.07, 6.45) is 2.63. The Balaban J connectivity index is 1.73. The van der Waals surface area contributed by atoms with Crippen molar-refractivity contribution in [3.8, 4) is 0 Å². The normalized spacial score (nSPS) is 27.0. The molecular weight excluding hydrogens is 292 g/mol. The fourth-order valence-electron chi connectivity index (χ4n) is 3.24. The van der Waals surface area contributed by atoms with E-state index in [1.807, 2.05) is 0 Å². The molecule has 1 heterocycles. The van der Waals surface area contributed by atoms with Gasteiger partial charge in [-0.15, -0.1) is 0 Å². The molecule has 1 amide bonds. The van der Waals surface area contributed by atoms with E-state index in [-0.39, 0.29) is 6.04 Å². The molecule has 22 heavy (non-hydrogen) atoms. The number of nitrogens with one attached hydrogen (secondary N) is 1. The molecule has 2 N–H and O–H groups in total. The highest BCUT2D eigenvalue weighted by molar-refractivity contribution is 5.85. The van der Waals surface area contributed by atoms with Gasteiger partial charge in [-0.25, -0.2) is 8.78 Å². The van der Waals surface area contributed by atoms with Gasteiger partial charge in [0.25, 0.3) is 5.91 Å². The molecule has 0 aromatic heterocycles. The minimum Gasteiger partial charge on any atom is -0.380 e. The SMILES string of the molecule is O=C(NC1CCOC1c1ccc(F)c(F)c1)C1(O)CCCC1. The zero-order valence-corrected chi connectivity index (χ0v) is 12.1. The summed E-state index contributed by atoms with van der Waals surface area (Å²) in [5.41, 5.74) is -0.818. The molecule has 0 bridgehead atoms. The van der Waals surface area contributed by atoms with Gasteiger partial charge < -0.3 is 15.2 Å². The fraction of sp³-hybridized carbons (Fsp3) is 0.562. The smallest absolute Gasteiger partial charge is 0.252 e. The van der Waals surface area contributed by atoms with Crippen LogP contribution in [0.15, 0.2) is 18.2 Å². The third kappa shape index (κ3) is 2.85. The summed E-state index contributed by atoms with van der Waals surface area (Å²) < 4.78 is 32.0. The first-order chi connectivity index (χ1) is 10.5. The standard InChI is InChI=1S/C16H19F2NO3/c17-11-4-3-10(9-12(11)18)14-13(5-8-22-14)19-15(20)16(21)6-1-2-7-16/h3-4,9,13-14,21H,1-2,5-8H2,(H,19,20). The van der Waals surface area contributed by atoms with Crippen LogP contribution in [0.3, 0.4) is 0 Å². The number of hydrogen-bond donors (Lipinski definition) is 2. The van der Waals surface area contributed by atoms with Crippen molar-refractivity contribution in [3.63, 3.8) is 0 Å². The second-order valence-corrected chi connectivity index (χ2v) is 6.07. The lowest BCUT2D eigenvalue weighted by atomic mass is 9.98. The van der Waals surface area contributed by atoms with Gasteiger partial charge in [0.1, 0.15) is 11.7 Å². The summed E-state index contributed by atoms with van der Waals surface area (Å²) in [4.78, 5) is 12.3. The van der Waals surface area contributed by atoms with Crippen LogP contribution in [0.4, 0.5) is 8.78 Å². The quantitative estimate of drug-likeness (QED) is 0.900. The summed E-state index contributed by atoms with van der Waals surface area (Å²) in [5.74, 6) is -2.25. The Labute approximate surface area is 127 Å². The largest absolute Gasteiger partial charge is 0.380 e. The van der Waals surface area contributed by atoms with Gasteiger partial charge in [-0.05, 0) is 49.8 Å². The Morgan fingerprint density at radius 1 is 1.27 bits per heavy atom. The number of amides is 1. The van der Waals surface area contributed by atoms with Crippen LogP contribution >= 0.6 is 0 Å². The van der Waals surface area contributed by atoms with Crippen molar-refractivity contribution in [2.45, 2.75) is 49.9 Å². The van der Waals surface area contributed by atoms with Crippen molar-refractivity contribution in [1.29, 1.82) is 0 Å². The maximum atomic E-state index is 13.4. The average Bonchev–Trinajstić information content (AvgIpc) is 3.12. The molecule has 1 saturated carbocycles. The first-order valence-corrected chi connectivity index (χ1v) is 7.59. The van der Waals surface area contributed by atoms with Crippen LogP contribution in [0.25, 0.3) is 0 Å². The second-order valence-electron chi connectivity index (χ2n) is 6.07. The third-order valence-electron chi connectivity index (χ3n) is 4.53. The van der Waals surface area contributed by atoms with Gasteiger partial charge in [-0.2, -0.15) is 0 Å². The fourth-order valence-corrected chi connectivity index (χ4v) is 3.24. The van der Waals surface area contributed by atoms with Crippen LogP contribution in [-0.2, 0) is 9.53 Å². The van der Waals surface area contributed by atoms with Crippen LogP contribution in [0.2, 0.25) is 0 Å². The predicted octanol–water partition coefficient (Wildman–Crippen LogP) is 2.22. The van der Waals surface area contributed by atoms with E-state index in [2.05, 4.69) is 5.32 Å². The molecule has 6 heteroatoms. The summed E-state index contributed by atoms with van der Waals surface area (Å²) >= 11 is 0. The lowest BCUT2D eigenvalue weighted by molar-refractivity contribution is -0.140. The van der Waals surface area contributed by atoms with E-state index in [4.69, 9.17) is 4.74 Å². The molecule has 120 valence electrons. The lowest BCUT2D eigenvalue weighted by Crippen LogP contribution is -2.49. The Hall–Kier alpha value is -1.53. The summed E-state index contributed by atoms with van der Waals surface area (Å²) in [6, 6.07) is 3.25. The van der Waals surface area contributed by atoms with Crippen molar-refractivity contribution in [2.75, 3.05) is 6.61 Å². The van der Waals surface area contributed by atoms with E-state index in [1.54, 1.807) is 0 Å². The van der Waals surface area contributed by atoms with Gasteiger partial charge >= 0.3 is 0 Å². The Morgan fingerprint density at radius 2 is 2.00 bits per heavy atom. The minimum atomic E-state index is -1.30. The van der Waals surface area contributed by atoms with Gasteiger partial charge in [0, 0.05) is 6.61 Å². The predicted molar refractivity (Wildman–Crippen MR) is 75.0 cm³/mol. The monoisotopic (exact) mass is 311 g/mol. The van der Waals surface area contributed by atoms with Crippen molar-refractivity contribution >= 4 is 5.91 Å². The number of ether oxygens (including phenoxy) is 1. The highest BCUT2D eigenvalue weighted by Gasteiger charge is 2.41. The van der Waals surface area contributed by atoms with E-state index in [1.165, 1.54) is 6.07 Å². The van der Waals surface area contributed by atoms with Gasteiger partial charge in [0.05, 0.1) is 6.04 Å². The van der Waals surface area contributed by atoms with Crippen molar-refractivity contribution in [2.24, 2.45) is 0 Å². The van der Waals surface area contributed by atoms with Crippen LogP contribution in [0.1, 0.15) is 43.8 Å². The maximum absolute atomic E-state index is 13.4. The summed E-state index contributed by atoms with van der Waals surface area (Å²) in [5, 5.41) is 13.1. The zero-order valence-electron chi connectivity index (χ0n) is 12.1. The van der Waals surface area contributed by atoms with E-state index in [0.717, 1.165) is 25.0 Å². The van der Waals surface area contributed by atoms with Gasteiger partial charge in [0.15, 0.2) is 11.6 Å². The molecule has 3 rings (SSSR count). The molecule has 1 aromatic rings. The van der Waals surface area contributed by atoms with Crippen LogP contribution in [0, 0.1) is 11.6 Å². The van der Waals surface area contributed by atoms with Crippen LogP contribution in [0.5, 0.6) is 0 Å². The molecule has 0 spiro atoms. The van der Waals surface area contributed by atoms with E-state index >= 15 is 0 Å². The maximum Gasteiger partial charge on any atom is 0.252 e. The van der Waals surface area contributed by atoms with E-state index < -0.39 is 29.2 Å². The van der Waals surface area contributed by atoms with Crippen molar-refractivity contribution in [1.82, 2.24) is 5.32 Å². The second kappa shape index (κ2) is 5.93. The zero-order chi connectivity index (χ0) is 15.7. The lowest BCUT2D eigenvalue weighted by Gasteiger charge is -2.26. The topological polar surface area (TPSA) is 58.6 Å². The molecule has 2 aliphatic rings. The van der Waals surface area contributed by atoms with Gasteiger partial charge in [-0.3, -0.25) is 4.79 Å². The summed E-state index contributed by atoms with van der Waals surface area (Å²) in [6.45, 7) is 0.424. The van der Waals surface area contributed by atoms with Crippen LogP contribution < -0.4 is 5.32 Å². The summed E-state index contributed by atoms with van der Waals surface area (Å²) in [7, 11) is 0. The molecule has 1 aliphatic heterocycles. The number of halogens is 2. The average molecular weight is 311 g/mol. The van der Waals surface area contributed by atoms with Crippen LogP contribution in [-0.4, -0.2) is 29.3 Å². The molecule has 1 aromatic carbocycles. The van der Waals surface area contributed by atoms with Crippen molar-refractivity contribution < 1.29 is 23.4 Å². The Kier molecular flexibility index (Phi) is 4.14.